The number of nitrogens with zero attached hydrogens (tertiary/aromatic N) is 3. The van der Waals surface area contributed by atoms with E-state index in [0.29, 0.717) is 16.4 Å². The van der Waals surface area contributed by atoms with Crippen LogP contribution in [-0.2, 0) is 0 Å². The van der Waals surface area contributed by atoms with Crippen molar-refractivity contribution in [3.63, 3.8) is 0 Å². The molecule has 0 fully saturated rings. The average Bonchev–Trinajstić information content (AvgIpc) is 2.56. The number of hydrogen-bond acceptors (Lipinski definition) is 3. The lowest BCUT2D eigenvalue weighted by atomic mass is 10.1. The molecular weight excluding hydrogens is 230 g/mol. The Balaban J connectivity index is 2.80. The molecule has 0 saturated heterocycles. The highest BCUT2D eigenvalue weighted by Gasteiger charge is 2.18. The van der Waals surface area contributed by atoms with E-state index in [2.05, 4.69) is 10.1 Å². The highest BCUT2D eigenvalue weighted by Crippen LogP contribution is 2.26. The zero-order valence-corrected chi connectivity index (χ0v) is 9.56. The van der Waals surface area contributed by atoms with Crippen LogP contribution < -0.4 is 0 Å². The van der Waals surface area contributed by atoms with Gasteiger partial charge in [-0.25, -0.2) is 14.3 Å². The van der Waals surface area contributed by atoms with Crippen molar-refractivity contribution in [3.05, 3.63) is 28.7 Å². The fourth-order valence-corrected chi connectivity index (χ4v) is 1.85. The first-order chi connectivity index (χ1) is 7.52. The first-order valence-corrected chi connectivity index (χ1v) is 5.16. The molecule has 0 radical (unpaired) electrons. The van der Waals surface area contributed by atoms with Gasteiger partial charge in [-0.3, -0.25) is 0 Å². The second-order valence-electron chi connectivity index (χ2n) is 3.72. The molecule has 5 nitrogen and oxygen atoms in total. The summed E-state index contributed by atoms with van der Waals surface area (Å²) in [5.74, 6) is -0.933. The molecule has 0 aliphatic heterocycles. The maximum absolute atomic E-state index is 11.0. The maximum Gasteiger partial charge on any atom is 0.354 e. The van der Waals surface area contributed by atoms with E-state index in [0.717, 1.165) is 0 Å². The van der Waals surface area contributed by atoms with Gasteiger partial charge in [-0.2, -0.15) is 5.10 Å². The van der Waals surface area contributed by atoms with Gasteiger partial charge in [0.15, 0.2) is 11.3 Å². The molecule has 0 aliphatic rings. The number of carboxylic acid groups (broad SMARTS) is 1. The molecule has 0 atom stereocenters. The largest absolute Gasteiger partial charge is 0.477 e. The van der Waals surface area contributed by atoms with E-state index in [1.54, 1.807) is 0 Å². The van der Waals surface area contributed by atoms with Crippen LogP contribution in [0.4, 0.5) is 0 Å². The van der Waals surface area contributed by atoms with Crippen molar-refractivity contribution in [2.45, 2.75) is 19.8 Å². The standard InChI is InChI=1S/C10H10ClN3O2/c1-5(2)8-7(11)9-12-4-3-6(10(15)16)14(9)13-8/h3-5H,1-2H3,(H,15,16). The second-order valence-corrected chi connectivity index (χ2v) is 4.10. The molecule has 0 unspecified atom stereocenters. The van der Waals surface area contributed by atoms with E-state index in [9.17, 15) is 4.79 Å². The van der Waals surface area contributed by atoms with Crippen LogP contribution in [0.1, 0.15) is 35.9 Å². The van der Waals surface area contributed by atoms with Gasteiger partial charge in [0, 0.05) is 6.20 Å². The van der Waals surface area contributed by atoms with Gasteiger partial charge in [-0.1, -0.05) is 25.4 Å². The van der Waals surface area contributed by atoms with Crippen molar-refractivity contribution in [1.29, 1.82) is 0 Å². The summed E-state index contributed by atoms with van der Waals surface area (Å²) >= 11 is 6.09. The Morgan fingerprint density at radius 1 is 1.56 bits per heavy atom. The first-order valence-electron chi connectivity index (χ1n) is 4.78. The lowest BCUT2D eigenvalue weighted by molar-refractivity contribution is 0.0687. The Kier molecular flexibility index (Phi) is 2.55. The van der Waals surface area contributed by atoms with Crippen LogP contribution in [0.3, 0.4) is 0 Å². The smallest absolute Gasteiger partial charge is 0.354 e. The fourth-order valence-electron chi connectivity index (χ4n) is 1.47. The van der Waals surface area contributed by atoms with Gasteiger partial charge in [-0.05, 0) is 12.0 Å². The third-order valence-electron chi connectivity index (χ3n) is 2.25. The summed E-state index contributed by atoms with van der Waals surface area (Å²) in [6.45, 7) is 3.88. The summed E-state index contributed by atoms with van der Waals surface area (Å²) in [6, 6.07) is 1.39. The van der Waals surface area contributed by atoms with E-state index in [-0.39, 0.29) is 11.6 Å². The van der Waals surface area contributed by atoms with Gasteiger partial charge in [0.25, 0.3) is 0 Å². The number of halogens is 1. The van der Waals surface area contributed by atoms with E-state index in [4.69, 9.17) is 16.7 Å². The Morgan fingerprint density at radius 3 is 2.81 bits per heavy atom. The Labute approximate surface area is 96.7 Å². The molecule has 84 valence electrons. The molecule has 0 amide bonds. The summed E-state index contributed by atoms with van der Waals surface area (Å²) < 4.78 is 1.26. The van der Waals surface area contributed by atoms with Gasteiger partial charge >= 0.3 is 5.97 Å². The second kappa shape index (κ2) is 3.75. The molecule has 2 aromatic rings. The molecular formula is C10H10ClN3O2. The predicted molar refractivity (Wildman–Crippen MR) is 59.0 cm³/mol. The summed E-state index contributed by atoms with van der Waals surface area (Å²) in [6.07, 6.45) is 1.41. The molecule has 0 aromatic carbocycles. The van der Waals surface area contributed by atoms with Crippen LogP contribution >= 0.6 is 11.6 Å². The van der Waals surface area contributed by atoms with Crippen molar-refractivity contribution in [2.75, 3.05) is 0 Å². The third-order valence-corrected chi connectivity index (χ3v) is 2.62. The van der Waals surface area contributed by atoms with Crippen molar-refractivity contribution in [2.24, 2.45) is 0 Å². The minimum atomic E-state index is -1.05. The van der Waals surface area contributed by atoms with Crippen molar-refractivity contribution in [1.82, 2.24) is 14.6 Å². The van der Waals surface area contributed by atoms with Gasteiger partial charge < -0.3 is 5.11 Å². The number of carboxylic acids is 1. The molecule has 0 spiro atoms. The molecule has 2 rings (SSSR count). The van der Waals surface area contributed by atoms with E-state index >= 15 is 0 Å². The fraction of sp³-hybridized carbons (Fsp3) is 0.300. The van der Waals surface area contributed by atoms with Crippen molar-refractivity contribution >= 4 is 23.2 Å². The van der Waals surface area contributed by atoms with Crippen molar-refractivity contribution in [3.8, 4) is 0 Å². The number of rotatable bonds is 2. The molecule has 16 heavy (non-hydrogen) atoms. The van der Waals surface area contributed by atoms with Gasteiger partial charge in [-0.15, -0.1) is 0 Å². The Morgan fingerprint density at radius 2 is 2.25 bits per heavy atom. The quantitative estimate of drug-likeness (QED) is 0.873. The molecule has 1 N–H and O–H groups in total. The van der Waals surface area contributed by atoms with E-state index < -0.39 is 5.97 Å². The Bertz CT molecular complexity index is 562. The van der Waals surface area contributed by atoms with Gasteiger partial charge in [0.05, 0.1) is 5.69 Å². The highest BCUT2D eigenvalue weighted by molar-refractivity contribution is 6.34. The van der Waals surface area contributed by atoms with E-state index in [1.807, 2.05) is 13.8 Å². The monoisotopic (exact) mass is 239 g/mol. The minimum Gasteiger partial charge on any atom is -0.477 e. The van der Waals surface area contributed by atoms with Crippen LogP contribution in [0.2, 0.25) is 5.02 Å². The lowest BCUT2D eigenvalue weighted by Gasteiger charge is -1.98. The summed E-state index contributed by atoms with van der Waals surface area (Å²) in [5.41, 5.74) is 1.09. The molecule has 2 aromatic heterocycles. The number of fused-ring (bicyclic) bond motifs is 1. The normalized spacial score (nSPS) is 11.2. The molecule has 2 heterocycles. The number of carbonyl (C=O) groups is 1. The van der Waals surface area contributed by atoms with Crippen LogP contribution in [0, 0.1) is 0 Å². The molecule has 6 heteroatoms. The zero-order chi connectivity index (χ0) is 11.9. The molecule has 0 aliphatic carbocycles. The summed E-state index contributed by atoms with van der Waals surface area (Å²) in [4.78, 5) is 15.0. The van der Waals surface area contributed by atoms with Crippen LogP contribution in [0.15, 0.2) is 12.3 Å². The average molecular weight is 240 g/mol. The third kappa shape index (κ3) is 1.53. The van der Waals surface area contributed by atoms with Crippen molar-refractivity contribution < 1.29 is 9.90 Å². The number of aromatic carboxylic acids is 1. The molecule has 0 bridgehead atoms. The van der Waals surface area contributed by atoms with Crippen LogP contribution in [0.5, 0.6) is 0 Å². The number of hydrogen-bond donors (Lipinski definition) is 1. The Hall–Kier alpha value is -1.62. The van der Waals surface area contributed by atoms with Crippen LogP contribution in [-0.4, -0.2) is 25.7 Å². The first kappa shape index (κ1) is 10.9. The van der Waals surface area contributed by atoms with Crippen LogP contribution in [0.25, 0.3) is 5.65 Å². The lowest BCUT2D eigenvalue weighted by Crippen LogP contribution is -2.07. The maximum atomic E-state index is 11.0. The highest BCUT2D eigenvalue weighted by atomic mass is 35.5. The van der Waals surface area contributed by atoms with Gasteiger partial charge in [0.2, 0.25) is 0 Å². The summed E-state index contributed by atoms with van der Waals surface area (Å²) in [7, 11) is 0. The number of aromatic nitrogens is 3. The molecule has 0 saturated carbocycles. The minimum absolute atomic E-state index is 0.0544. The predicted octanol–water partition coefficient (Wildman–Crippen LogP) is 2.20. The summed E-state index contributed by atoms with van der Waals surface area (Å²) in [5, 5.41) is 13.6. The van der Waals surface area contributed by atoms with Gasteiger partial charge in [0.1, 0.15) is 5.02 Å². The SMILES string of the molecule is CC(C)c1nn2c(C(=O)O)ccnc2c1Cl. The zero-order valence-electron chi connectivity index (χ0n) is 8.81. The van der Waals surface area contributed by atoms with E-state index in [1.165, 1.54) is 16.8 Å². The topological polar surface area (TPSA) is 67.5 Å².